The van der Waals surface area contributed by atoms with E-state index in [1.54, 1.807) is 5.57 Å². The average molecular weight is 300 g/mol. The summed E-state index contributed by atoms with van der Waals surface area (Å²) in [5.41, 5.74) is 3.08. The Balaban J connectivity index is 1.72. The van der Waals surface area contributed by atoms with E-state index in [1.165, 1.54) is 18.4 Å². The summed E-state index contributed by atoms with van der Waals surface area (Å²) in [5.74, 6) is 2.19. The van der Waals surface area contributed by atoms with E-state index in [9.17, 15) is 9.90 Å². The third-order valence-electron chi connectivity index (χ3n) is 7.26. The molecule has 120 valence electrons. The van der Waals surface area contributed by atoms with Crippen LogP contribution in [0.15, 0.2) is 23.3 Å². The maximum Gasteiger partial charge on any atom is 0.156 e. The predicted octanol–water partition coefficient (Wildman–Crippen LogP) is 4.05. The van der Waals surface area contributed by atoms with E-state index in [2.05, 4.69) is 26.8 Å². The van der Waals surface area contributed by atoms with Crippen LogP contribution in [0.2, 0.25) is 0 Å². The Hall–Kier alpha value is -0.890. The fraction of sp³-hybridized carbons (Fsp3) is 0.750. The first-order valence-corrected chi connectivity index (χ1v) is 8.95. The molecule has 0 aromatic heterocycles. The van der Waals surface area contributed by atoms with Crippen LogP contribution < -0.4 is 0 Å². The first kappa shape index (κ1) is 14.7. The van der Waals surface area contributed by atoms with Crippen molar-refractivity contribution < 1.29 is 9.90 Å². The van der Waals surface area contributed by atoms with Crippen molar-refractivity contribution in [3.8, 4) is 0 Å². The third-order valence-corrected chi connectivity index (χ3v) is 7.26. The fourth-order valence-corrected chi connectivity index (χ4v) is 6.29. The lowest BCUT2D eigenvalue weighted by Crippen LogP contribution is -2.48. The quantitative estimate of drug-likeness (QED) is 0.685. The van der Waals surface area contributed by atoms with Gasteiger partial charge in [-0.2, -0.15) is 0 Å². The first-order chi connectivity index (χ1) is 10.3. The molecular weight excluding hydrogens is 272 g/mol. The topological polar surface area (TPSA) is 37.3 Å². The Kier molecular flexibility index (Phi) is 3.05. The van der Waals surface area contributed by atoms with Gasteiger partial charge in [0.15, 0.2) is 5.78 Å². The Bertz CT molecular complexity index is 583. The van der Waals surface area contributed by atoms with Crippen molar-refractivity contribution >= 4 is 5.78 Å². The van der Waals surface area contributed by atoms with Gasteiger partial charge in [0.2, 0.25) is 0 Å². The van der Waals surface area contributed by atoms with Gasteiger partial charge in [0.05, 0.1) is 6.10 Å². The van der Waals surface area contributed by atoms with E-state index in [1.807, 2.05) is 6.08 Å². The molecule has 1 N–H and O–H groups in total. The number of rotatable bonds is 0. The predicted molar refractivity (Wildman–Crippen MR) is 87.2 cm³/mol. The molecule has 22 heavy (non-hydrogen) atoms. The van der Waals surface area contributed by atoms with Crippen molar-refractivity contribution in [2.45, 2.75) is 65.4 Å². The number of carbonyl (C=O) groups is 1. The zero-order chi connectivity index (χ0) is 15.7. The Morgan fingerprint density at radius 2 is 2.00 bits per heavy atom. The van der Waals surface area contributed by atoms with E-state index in [-0.39, 0.29) is 16.9 Å². The SMILES string of the molecule is CC1(C)CC(=O)C=C2CC[C@H]3C4=CC[C@H](O)[C@@]4(C)CC[C@@H]3[C@H]21. The number of hydrogen-bond acceptors (Lipinski definition) is 2. The van der Waals surface area contributed by atoms with Gasteiger partial charge in [0, 0.05) is 11.8 Å². The highest BCUT2D eigenvalue weighted by Gasteiger charge is 2.55. The molecule has 4 rings (SSSR count). The van der Waals surface area contributed by atoms with E-state index in [0.29, 0.717) is 30.0 Å². The maximum absolute atomic E-state index is 12.0. The Labute approximate surface area is 133 Å². The van der Waals surface area contributed by atoms with E-state index in [0.717, 1.165) is 19.3 Å². The normalized spacial score (nSPS) is 46.3. The van der Waals surface area contributed by atoms with E-state index < -0.39 is 0 Å². The minimum atomic E-state index is -0.179. The van der Waals surface area contributed by atoms with Crippen LogP contribution in [0.1, 0.15) is 59.3 Å². The van der Waals surface area contributed by atoms with Gasteiger partial charge < -0.3 is 5.11 Å². The van der Waals surface area contributed by atoms with Gasteiger partial charge in [-0.25, -0.2) is 0 Å². The summed E-state index contributed by atoms with van der Waals surface area (Å²) in [7, 11) is 0. The van der Waals surface area contributed by atoms with E-state index in [4.69, 9.17) is 0 Å². The van der Waals surface area contributed by atoms with Crippen LogP contribution in [0.4, 0.5) is 0 Å². The lowest BCUT2D eigenvalue weighted by molar-refractivity contribution is -0.119. The van der Waals surface area contributed by atoms with Gasteiger partial charge in [-0.15, -0.1) is 0 Å². The molecule has 0 radical (unpaired) electrons. The molecule has 0 aliphatic heterocycles. The number of allylic oxidation sites excluding steroid dienone is 2. The minimum absolute atomic E-state index is 0.0248. The maximum atomic E-state index is 12.0. The van der Waals surface area contributed by atoms with Crippen molar-refractivity contribution in [1.29, 1.82) is 0 Å². The smallest absolute Gasteiger partial charge is 0.156 e. The number of carbonyl (C=O) groups excluding carboxylic acids is 1. The zero-order valence-electron chi connectivity index (χ0n) is 14.1. The molecule has 0 spiro atoms. The average Bonchev–Trinajstić information content (AvgIpc) is 2.73. The highest BCUT2D eigenvalue weighted by atomic mass is 16.3. The summed E-state index contributed by atoms with van der Waals surface area (Å²) in [6.07, 6.45) is 10.2. The molecular formula is C20H28O2. The fourth-order valence-electron chi connectivity index (χ4n) is 6.29. The van der Waals surface area contributed by atoms with Gasteiger partial charge >= 0.3 is 0 Å². The van der Waals surface area contributed by atoms with Gasteiger partial charge in [0.1, 0.15) is 0 Å². The molecule has 0 aromatic rings. The van der Waals surface area contributed by atoms with Crippen LogP contribution in [0.5, 0.6) is 0 Å². The third kappa shape index (κ3) is 1.86. The van der Waals surface area contributed by atoms with Crippen molar-refractivity contribution in [2.75, 3.05) is 0 Å². The van der Waals surface area contributed by atoms with Gasteiger partial charge in [-0.05, 0) is 61.3 Å². The van der Waals surface area contributed by atoms with Crippen LogP contribution in [0, 0.1) is 28.6 Å². The molecule has 0 bridgehead atoms. The minimum Gasteiger partial charge on any atom is -0.392 e. The molecule has 2 saturated carbocycles. The zero-order valence-corrected chi connectivity index (χ0v) is 14.1. The first-order valence-electron chi connectivity index (χ1n) is 8.95. The summed E-state index contributed by atoms with van der Waals surface area (Å²) < 4.78 is 0. The number of hydrogen-bond donors (Lipinski definition) is 1. The Morgan fingerprint density at radius 3 is 2.77 bits per heavy atom. The van der Waals surface area contributed by atoms with E-state index >= 15 is 0 Å². The summed E-state index contributed by atoms with van der Waals surface area (Å²) in [5, 5.41) is 10.4. The number of aliphatic hydroxyl groups excluding tert-OH is 1. The lowest BCUT2D eigenvalue weighted by Gasteiger charge is -2.55. The van der Waals surface area contributed by atoms with Gasteiger partial charge in [-0.3, -0.25) is 4.79 Å². The molecule has 0 amide bonds. The van der Waals surface area contributed by atoms with Crippen LogP contribution in [-0.4, -0.2) is 17.0 Å². The molecule has 4 aliphatic carbocycles. The van der Waals surface area contributed by atoms with Crippen molar-refractivity contribution in [1.82, 2.24) is 0 Å². The molecule has 2 heteroatoms. The molecule has 4 aliphatic rings. The monoisotopic (exact) mass is 300 g/mol. The van der Waals surface area contributed by atoms with Crippen LogP contribution in [0.3, 0.4) is 0 Å². The molecule has 0 aromatic carbocycles. The molecule has 2 nitrogen and oxygen atoms in total. The standard InChI is InChI=1S/C20H28O2/c1-19(2)11-13(21)10-12-4-5-14-15(18(12)19)8-9-20(3)16(14)6-7-17(20)22/h6,10,14-15,17-18,22H,4-5,7-9,11H2,1-3H3/t14-,15+,17+,18+,20+/m1/s1. The second-order valence-corrected chi connectivity index (χ2v) is 9.00. The lowest BCUT2D eigenvalue weighted by atomic mass is 9.49. The van der Waals surface area contributed by atoms with Crippen molar-refractivity contribution in [3.63, 3.8) is 0 Å². The van der Waals surface area contributed by atoms with Crippen molar-refractivity contribution in [2.24, 2.45) is 28.6 Å². The summed E-state index contributed by atoms with van der Waals surface area (Å²) in [6, 6.07) is 0. The summed E-state index contributed by atoms with van der Waals surface area (Å²) in [4.78, 5) is 12.0. The molecule has 0 saturated heterocycles. The molecule has 0 unspecified atom stereocenters. The number of aliphatic hydroxyl groups is 1. The number of ketones is 1. The number of fused-ring (bicyclic) bond motifs is 5. The Morgan fingerprint density at radius 1 is 1.23 bits per heavy atom. The second kappa shape index (κ2) is 4.56. The van der Waals surface area contributed by atoms with Crippen LogP contribution >= 0.6 is 0 Å². The van der Waals surface area contributed by atoms with Gasteiger partial charge in [0.25, 0.3) is 0 Å². The molecule has 0 heterocycles. The second-order valence-electron chi connectivity index (χ2n) is 9.00. The van der Waals surface area contributed by atoms with Crippen LogP contribution in [0.25, 0.3) is 0 Å². The summed E-state index contributed by atoms with van der Waals surface area (Å²) >= 11 is 0. The highest BCUT2D eigenvalue weighted by Crippen LogP contribution is 2.62. The van der Waals surface area contributed by atoms with Crippen LogP contribution in [-0.2, 0) is 4.79 Å². The van der Waals surface area contributed by atoms with Gasteiger partial charge in [-0.1, -0.05) is 38.0 Å². The molecule has 5 atom stereocenters. The summed E-state index contributed by atoms with van der Waals surface area (Å²) in [6.45, 7) is 6.85. The molecule has 2 fully saturated rings. The highest BCUT2D eigenvalue weighted by molar-refractivity contribution is 5.92. The largest absolute Gasteiger partial charge is 0.392 e. The van der Waals surface area contributed by atoms with Crippen molar-refractivity contribution in [3.05, 3.63) is 23.3 Å².